The lowest BCUT2D eigenvalue weighted by atomic mass is 9.84. The van der Waals surface area contributed by atoms with Gasteiger partial charge < -0.3 is 15.0 Å². The van der Waals surface area contributed by atoms with E-state index in [1.807, 2.05) is 43.5 Å². The van der Waals surface area contributed by atoms with E-state index in [2.05, 4.69) is 52.8 Å². The first-order valence-corrected chi connectivity index (χ1v) is 9.18. The van der Waals surface area contributed by atoms with Gasteiger partial charge in [0.25, 0.3) is 5.91 Å². The maximum Gasteiger partial charge on any atom is 0.259 e. The number of anilines is 2. The third kappa shape index (κ3) is 3.86. The minimum Gasteiger partial charge on any atom is -0.495 e. The van der Waals surface area contributed by atoms with Crippen LogP contribution in [0.2, 0.25) is 0 Å². The molecule has 1 amide bonds. The highest BCUT2D eigenvalue weighted by molar-refractivity contribution is 5.84. The summed E-state index contributed by atoms with van der Waals surface area (Å²) in [4.78, 5) is 14.2. The van der Waals surface area contributed by atoms with Crippen LogP contribution < -0.4 is 20.4 Å². The number of benzene rings is 2. The predicted molar refractivity (Wildman–Crippen MR) is 114 cm³/mol. The van der Waals surface area contributed by atoms with Crippen LogP contribution >= 0.6 is 0 Å². The van der Waals surface area contributed by atoms with Crippen molar-refractivity contribution in [3.05, 3.63) is 65.9 Å². The topological polar surface area (TPSA) is 66.0 Å². The minimum absolute atomic E-state index is 0.102. The van der Waals surface area contributed by atoms with E-state index in [0.717, 1.165) is 11.4 Å². The van der Waals surface area contributed by atoms with Crippen molar-refractivity contribution in [1.29, 1.82) is 0 Å². The number of nitrogens with zero attached hydrogens (tertiary/aromatic N) is 2. The van der Waals surface area contributed by atoms with Crippen LogP contribution in [0.4, 0.5) is 11.4 Å². The van der Waals surface area contributed by atoms with Gasteiger partial charge in [-0.1, -0.05) is 44.2 Å². The first-order chi connectivity index (χ1) is 13.4. The van der Waals surface area contributed by atoms with Crippen molar-refractivity contribution < 1.29 is 9.53 Å². The molecule has 0 saturated carbocycles. The fraction of sp³-hybridized carbons (Fsp3) is 0.273. The number of carbonyl (C=O) groups excluding carboxylic acids is 1. The zero-order valence-corrected chi connectivity index (χ0v) is 16.7. The molecule has 146 valence electrons. The first kappa shape index (κ1) is 19.5. The molecule has 3 rings (SSSR count). The largest absolute Gasteiger partial charge is 0.495 e. The van der Waals surface area contributed by atoms with Crippen molar-refractivity contribution in [1.82, 2.24) is 5.43 Å². The van der Waals surface area contributed by atoms with Crippen molar-refractivity contribution in [3.63, 3.8) is 0 Å². The summed E-state index contributed by atoms with van der Waals surface area (Å²) >= 11 is 0. The van der Waals surface area contributed by atoms with Gasteiger partial charge in [0.05, 0.1) is 19.3 Å². The molecule has 2 N–H and O–H groups in total. The summed E-state index contributed by atoms with van der Waals surface area (Å²) in [5.74, 6) is 0.456. The molecule has 0 radical (unpaired) electrons. The summed E-state index contributed by atoms with van der Waals surface area (Å²) in [6.07, 6.45) is 3.56. The lowest BCUT2D eigenvalue weighted by molar-refractivity contribution is -0.119. The van der Waals surface area contributed by atoms with Crippen LogP contribution in [0.3, 0.4) is 0 Å². The zero-order valence-electron chi connectivity index (χ0n) is 16.7. The van der Waals surface area contributed by atoms with Crippen molar-refractivity contribution in [2.24, 2.45) is 5.10 Å². The van der Waals surface area contributed by atoms with Gasteiger partial charge in [0.15, 0.2) is 0 Å². The molecule has 0 atom stereocenters. The second kappa shape index (κ2) is 8.17. The van der Waals surface area contributed by atoms with Gasteiger partial charge in [-0.15, -0.1) is 0 Å². The number of hydrogen-bond acceptors (Lipinski definition) is 5. The SMILES string of the molecule is COc1ccccc1NCC(=O)NN=CC=C1N(C)c2ccccc2C1(C)C. The van der Waals surface area contributed by atoms with Crippen LogP contribution in [-0.2, 0) is 10.2 Å². The molecule has 0 fully saturated rings. The number of nitrogens with one attached hydrogen (secondary N) is 2. The summed E-state index contributed by atoms with van der Waals surface area (Å²) in [5, 5.41) is 7.10. The highest BCUT2D eigenvalue weighted by atomic mass is 16.5. The molecule has 28 heavy (non-hydrogen) atoms. The Balaban J connectivity index is 1.58. The monoisotopic (exact) mass is 378 g/mol. The van der Waals surface area contributed by atoms with Gasteiger partial charge >= 0.3 is 0 Å². The Morgan fingerprint density at radius 2 is 1.89 bits per heavy atom. The van der Waals surface area contributed by atoms with Crippen LogP contribution in [0.15, 0.2) is 65.4 Å². The van der Waals surface area contributed by atoms with E-state index in [1.54, 1.807) is 13.3 Å². The highest BCUT2D eigenvalue weighted by Gasteiger charge is 2.37. The standard InChI is InChI=1S/C22H26N4O2/c1-22(2)16-9-5-7-11-18(16)26(3)20(22)13-14-24-25-21(27)15-23-17-10-6-8-12-19(17)28-4/h5-14,23H,15H2,1-4H3,(H,25,27). The molecule has 2 aromatic rings. The van der Waals surface area contributed by atoms with Crippen LogP contribution in [0.5, 0.6) is 5.75 Å². The third-order valence-corrected chi connectivity index (χ3v) is 4.98. The molecule has 0 aliphatic carbocycles. The van der Waals surface area contributed by atoms with Gasteiger partial charge in [0, 0.05) is 30.1 Å². The Morgan fingerprint density at radius 1 is 1.18 bits per heavy atom. The number of rotatable bonds is 6. The fourth-order valence-corrected chi connectivity index (χ4v) is 3.52. The minimum atomic E-state index is -0.233. The van der Waals surface area contributed by atoms with Crippen molar-refractivity contribution in [2.45, 2.75) is 19.3 Å². The van der Waals surface area contributed by atoms with E-state index in [9.17, 15) is 4.79 Å². The zero-order chi connectivity index (χ0) is 20.1. The van der Waals surface area contributed by atoms with Gasteiger partial charge in [-0.25, -0.2) is 5.43 Å². The fourth-order valence-electron chi connectivity index (χ4n) is 3.52. The average molecular weight is 378 g/mol. The molecule has 0 spiro atoms. The Morgan fingerprint density at radius 3 is 2.64 bits per heavy atom. The molecule has 2 aromatic carbocycles. The quantitative estimate of drug-likeness (QED) is 0.596. The Kier molecular flexibility index (Phi) is 5.68. The summed E-state index contributed by atoms with van der Waals surface area (Å²) < 4.78 is 5.25. The molecule has 1 aliphatic heterocycles. The maximum atomic E-state index is 12.0. The van der Waals surface area contributed by atoms with Crippen molar-refractivity contribution in [3.8, 4) is 5.75 Å². The van der Waals surface area contributed by atoms with Crippen LogP contribution in [0.1, 0.15) is 19.4 Å². The Labute approximate surface area is 165 Å². The van der Waals surface area contributed by atoms with Crippen molar-refractivity contribution in [2.75, 3.05) is 30.9 Å². The predicted octanol–water partition coefficient (Wildman–Crippen LogP) is 3.52. The van der Waals surface area contributed by atoms with E-state index in [1.165, 1.54) is 11.3 Å². The number of likely N-dealkylation sites (N-methyl/N-ethyl adjacent to an activating group) is 1. The summed E-state index contributed by atoms with van der Waals surface area (Å²) in [6.45, 7) is 4.47. The summed E-state index contributed by atoms with van der Waals surface area (Å²) in [6, 6.07) is 15.8. The number of hydrazone groups is 1. The number of para-hydroxylation sites is 3. The molecule has 0 saturated heterocycles. The molecule has 1 aliphatic rings. The lowest BCUT2D eigenvalue weighted by Crippen LogP contribution is -2.26. The van der Waals surface area contributed by atoms with E-state index in [-0.39, 0.29) is 17.9 Å². The molecule has 6 heteroatoms. The molecule has 0 unspecified atom stereocenters. The van der Waals surface area contributed by atoms with Gasteiger partial charge in [0.2, 0.25) is 0 Å². The number of hydrogen-bond donors (Lipinski definition) is 2. The highest BCUT2D eigenvalue weighted by Crippen LogP contribution is 2.46. The van der Waals surface area contributed by atoms with Crippen LogP contribution in [0.25, 0.3) is 0 Å². The number of allylic oxidation sites excluding steroid dienone is 2. The van der Waals surface area contributed by atoms with Gasteiger partial charge in [0.1, 0.15) is 5.75 Å². The number of methoxy groups -OCH3 is 1. The first-order valence-electron chi connectivity index (χ1n) is 9.18. The second-order valence-corrected chi connectivity index (χ2v) is 7.12. The smallest absolute Gasteiger partial charge is 0.259 e. The van der Waals surface area contributed by atoms with E-state index in [0.29, 0.717) is 5.75 Å². The summed E-state index contributed by atoms with van der Waals surface area (Å²) in [5.41, 5.74) is 6.78. The van der Waals surface area contributed by atoms with Gasteiger partial charge in [-0.05, 0) is 29.8 Å². The average Bonchev–Trinajstić information content (AvgIpc) is 2.90. The van der Waals surface area contributed by atoms with Gasteiger partial charge in [-0.3, -0.25) is 4.79 Å². The molecule has 1 heterocycles. The van der Waals surface area contributed by atoms with Gasteiger partial charge in [-0.2, -0.15) is 5.10 Å². The summed E-state index contributed by atoms with van der Waals surface area (Å²) in [7, 11) is 3.64. The maximum absolute atomic E-state index is 12.0. The normalized spacial score (nSPS) is 16.3. The number of amides is 1. The van der Waals surface area contributed by atoms with Crippen LogP contribution in [-0.4, -0.2) is 32.8 Å². The van der Waals surface area contributed by atoms with E-state index < -0.39 is 0 Å². The second-order valence-electron chi connectivity index (χ2n) is 7.12. The lowest BCUT2D eigenvalue weighted by Gasteiger charge is -2.23. The molecule has 0 bridgehead atoms. The number of carbonyl (C=O) groups is 1. The number of fused-ring (bicyclic) bond motifs is 1. The molecule has 6 nitrogen and oxygen atoms in total. The Bertz CT molecular complexity index is 918. The van der Waals surface area contributed by atoms with Crippen molar-refractivity contribution >= 4 is 23.5 Å². The Hall–Kier alpha value is -3.28. The van der Waals surface area contributed by atoms with E-state index in [4.69, 9.17) is 4.74 Å². The third-order valence-electron chi connectivity index (χ3n) is 4.98. The molecular weight excluding hydrogens is 352 g/mol. The van der Waals surface area contributed by atoms with Crippen LogP contribution in [0, 0.1) is 0 Å². The molecule has 0 aromatic heterocycles. The number of ether oxygens (including phenoxy) is 1. The van der Waals surface area contributed by atoms with E-state index >= 15 is 0 Å². The molecular formula is C22H26N4O2.